The maximum absolute atomic E-state index is 12.4. The van der Waals surface area contributed by atoms with E-state index in [0.29, 0.717) is 18.4 Å². The topological polar surface area (TPSA) is 0 Å². The van der Waals surface area contributed by atoms with Crippen LogP contribution in [0.25, 0.3) is 0 Å². The van der Waals surface area contributed by atoms with E-state index in [4.69, 9.17) is 18.0 Å². The summed E-state index contributed by atoms with van der Waals surface area (Å²) < 4.78 is 37.3. The Bertz CT molecular complexity index is 388. The number of hydrogen-bond acceptors (Lipinski definition) is 0. The molecule has 0 spiro atoms. The molecule has 0 saturated carbocycles. The molecule has 0 aromatic heterocycles. The number of alkyl halides is 3. The van der Waals surface area contributed by atoms with Gasteiger partial charge in [-0.15, -0.1) is 12.3 Å². The summed E-state index contributed by atoms with van der Waals surface area (Å²) in [6.07, 6.45) is 1.46. The van der Waals surface area contributed by atoms with Crippen molar-refractivity contribution in [3.63, 3.8) is 0 Å². The smallest absolute Gasteiger partial charge is 0.166 e. The standard InChI is InChI=1S/C11H8ClF3/c1-2-3-4-8-5-6-10(12)9(7-8)11(13,14)15/h1,5-7H,3-4H2. The quantitative estimate of drug-likeness (QED) is 0.678. The maximum Gasteiger partial charge on any atom is 0.417 e. The van der Waals surface area contributed by atoms with Crippen molar-refractivity contribution >= 4 is 11.6 Å². The van der Waals surface area contributed by atoms with Crippen molar-refractivity contribution in [2.45, 2.75) is 19.0 Å². The molecule has 80 valence electrons. The Labute approximate surface area is 91.1 Å². The molecule has 0 aliphatic heterocycles. The largest absolute Gasteiger partial charge is 0.417 e. The van der Waals surface area contributed by atoms with Crippen molar-refractivity contribution in [2.24, 2.45) is 0 Å². The summed E-state index contributed by atoms with van der Waals surface area (Å²) in [7, 11) is 0. The number of hydrogen-bond donors (Lipinski definition) is 0. The fourth-order valence-electron chi connectivity index (χ4n) is 1.16. The molecule has 0 unspecified atom stereocenters. The first-order valence-electron chi connectivity index (χ1n) is 4.24. The Morgan fingerprint density at radius 1 is 1.33 bits per heavy atom. The monoisotopic (exact) mass is 232 g/mol. The van der Waals surface area contributed by atoms with Crippen LogP contribution in [-0.2, 0) is 12.6 Å². The second kappa shape index (κ2) is 4.59. The number of aryl methyl sites for hydroxylation is 1. The minimum atomic E-state index is -4.41. The predicted molar refractivity (Wildman–Crippen MR) is 53.6 cm³/mol. The highest BCUT2D eigenvalue weighted by Gasteiger charge is 2.33. The van der Waals surface area contributed by atoms with Crippen molar-refractivity contribution in [2.75, 3.05) is 0 Å². The molecule has 0 radical (unpaired) electrons. The SMILES string of the molecule is C#CCCc1ccc(Cl)c(C(F)(F)F)c1. The Morgan fingerprint density at radius 2 is 2.00 bits per heavy atom. The van der Waals surface area contributed by atoms with Crippen molar-refractivity contribution in [1.29, 1.82) is 0 Å². The Kier molecular flexibility index (Phi) is 3.65. The normalized spacial score (nSPS) is 11.1. The summed E-state index contributed by atoms with van der Waals surface area (Å²) in [5, 5.41) is -0.285. The molecular weight excluding hydrogens is 225 g/mol. The molecule has 0 nitrogen and oxygen atoms in total. The zero-order chi connectivity index (χ0) is 11.5. The molecule has 1 aromatic rings. The van der Waals surface area contributed by atoms with E-state index in [1.165, 1.54) is 6.07 Å². The molecule has 0 N–H and O–H groups in total. The lowest BCUT2D eigenvalue weighted by Crippen LogP contribution is -2.06. The molecule has 0 saturated heterocycles. The first-order valence-corrected chi connectivity index (χ1v) is 4.62. The van der Waals surface area contributed by atoms with Gasteiger partial charge in [0.2, 0.25) is 0 Å². The van der Waals surface area contributed by atoms with E-state index in [-0.39, 0.29) is 5.02 Å². The van der Waals surface area contributed by atoms with E-state index in [0.717, 1.165) is 6.07 Å². The summed E-state index contributed by atoms with van der Waals surface area (Å²) >= 11 is 5.45. The van der Waals surface area contributed by atoms with E-state index < -0.39 is 11.7 Å². The first-order chi connectivity index (χ1) is 6.95. The molecule has 0 amide bonds. The molecule has 15 heavy (non-hydrogen) atoms. The van der Waals surface area contributed by atoms with Gasteiger partial charge >= 0.3 is 6.18 Å². The third-order valence-electron chi connectivity index (χ3n) is 1.89. The van der Waals surface area contributed by atoms with Gasteiger partial charge in [-0.05, 0) is 24.1 Å². The molecule has 0 bridgehead atoms. The molecule has 0 aliphatic carbocycles. The summed E-state index contributed by atoms with van der Waals surface area (Å²) in [4.78, 5) is 0. The van der Waals surface area contributed by atoms with E-state index in [1.54, 1.807) is 6.07 Å². The lowest BCUT2D eigenvalue weighted by Gasteiger charge is -2.10. The number of benzene rings is 1. The molecule has 1 aromatic carbocycles. The highest BCUT2D eigenvalue weighted by molar-refractivity contribution is 6.31. The number of rotatable bonds is 2. The van der Waals surface area contributed by atoms with Crippen LogP contribution in [0.3, 0.4) is 0 Å². The fraction of sp³-hybridized carbons (Fsp3) is 0.273. The van der Waals surface area contributed by atoms with Crippen LogP contribution in [0.2, 0.25) is 5.02 Å². The lowest BCUT2D eigenvalue weighted by molar-refractivity contribution is -0.137. The predicted octanol–water partition coefficient (Wildman–Crippen LogP) is 3.92. The molecule has 0 heterocycles. The zero-order valence-electron chi connectivity index (χ0n) is 7.74. The zero-order valence-corrected chi connectivity index (χ0v) is 8.49. The van der Waals surface area contributed by atoms with Crippen molar-refractivity contribution in [3.05, 3.63) is 34.3 Å². The van der Waals surface area contributed by atoms with Crippen LogP contribution in [0.5, 0.6) is 0 Å². The van der Waals surface area contributed by atoms with E-state index in [2.05, 4.69) is 5.92 Å². The summed E-state index contributed by atoms with van der Waals surface area (Å²) in [6.45, 7) is 0. The Balaban J connectivity index is 3.02. The third-order valence-corrected chi connectivity index (χ3v) is 2.22. The van der Waals surface area contributed by atoms with Crippen LogP contribution in [-0.4, -0.2) is 0 Å². The second-order valence-corrected chi connectivity index (χ2v) is 3.42. The first kappa shape index (κ1) is 11.9. The van der Waals surface area contributed by atoms with E-state index in [9.17, 15) is 13.2 Å². The fourth-order valence-corrected chi connectivity index (χ4v) is 1.39. The summed E-state index contributed by atoms with van der Waals surface area (Å²) in [6, 6.07) is 3.84. The van der Waals surface area contributed by atoms with Crippen LogP contribution in [0, 0.1) is 12.3 Å². The third kappa shape index (κ3) is 3.17. The highest BCUT2D eigenvalue weighted by Crippen LogP contribution is 2.35. The molecule has 0 aliphatic rings. The van der Waals surface area contributed by atoms with Crippen LogP contribution >= 0.6 is 11.6 Å². The molecular formula is C11H8ClF3. The van der Waals surface area contributed by atoms with Gasteiger partial charge in [-0.25, -0.2) is 0 Å². The number of halogens is 4. The second-order valence-electron chi connectivity index (χ2n) is 3.02. The lowest BCUT2D eigenvalue weighted by atomic mass is 10.1. The molecule has 0 atom stereocenters. The average Bonchev–Trinajstić information content (AvgIpc) is 2.15. The summed E-state index contributed by atoms with van der Waals surface area (Å²) in [5.41, 5.74) is -0.261. The van der Waals surface area contributed by atoms with Crippen molar-refractivity contribution < 1.29 is 13.2 Å². The molecule has 4 heteroatoms. The van der Waals surface area contributed by atoms with Crippen LogP contribution in [0.15, 0.2) is 18.2 Å². The van der Waals surface area contributed by atoms with Gasteiger partial charge in [0.1, 0.15) is 0 Å². The van der Waals surface area contributed by atoms with E-state index >= 15 is 0 Å². The van der Waals surface area contributed by atoms with Gasteiger partial charge in [-0.1, -0.05) is 17.7 Å². The van der Waals surface area contributed by atoms with Gasteiger partial charge in [0.25, 0.3) is 0 Å². The number of terminal acetylenes is 1. The van der Waals surface area contributed by atoms with Crippen molar-refractivity contribution in [1.82, 2.24) is 0 Å². The van der Waals surface area contributed by atoms with Gasteiger partial charge in [0.05, 0.1) is 10.6 Å². The van der Waals surface area contributed by atoms with Crippen LogP contribution in [0.4, 0.5) is 13.2 Å². The van der Waals surface area contributed by atoms with E-state index in [1.807, 2.05) is 0 Å². The van der Waals surface area contributed by atoms with Gasteiger partial charge in [-0.3, -0.25) is 0 Å². The summed E-state index contributed by atoms with van der Waals surface area (Å²) in [5.74, 6) is 2.37. The van der Waals surface area contributed by atoms with Gasteiger partial charge in [-0.2, -0.15) is 13.2 Å². The Hall–Kier alpha value is -1.14. The van der Waals surface area contributed by atoms with Gasteiger partial charge < -0.3 is 0 Å². The minimum absolute atomic E-state index is 0.285. The molecule has 1 rings (SSSR count). The average molecular weight is 233 g/mol. The highest BCUT2D eigenvalue weighted by atomic mass is 35.5. The van der Waals surface area contributed by atoms with Crippen LogP contribution in [0.1, 0.15) is 17.5 Å². The van der Waals surface area contributed by atoms with Crippen molar-refractivity contribution in [3.8, 4) is 12.3 Å². The maximum atomic E-state index is 12.4. The minimum Gasteiger partial charge on any atom is -0.166 e. The van der Waals surface area contributed by atoms with Gasteiger partial charge in [0.15, 0.2) is 0 Å². The molecule has 0 fully saturated rings. The van der Waals surface area contributed by atoms with Gasteiger partial charge in [0, 0.05) is 6.42 Å². The van der Waals surface area contributed by atoms with Crippen LogP contribution < -0.4 is 0 Å². The Morgan fingerprint density at radius 3 is 2.53 bits per heavy atom.